The average Bonchev–Trinajstić information content (AvgIpc) is 2.97. The summed E-state index contributed by atoms with van der Waals surface area (Å²) in [6.45, 7) is 0.927. The summed E-state index contributed by atoms with van der Waals surface area (Å²) >= 11 is 0. The van der Waals surface area contributed by atoms with Crippen molar-refractivity contribution in [1.29, 1.82) is 0 Å². The molecule has 2 rings (SSSR count). The van der Waals surface area contributed by atoms with Crippen molar-refractivity contribution in [2.75, 3.05) is 6.61 Å². The minimum atomic E-state index is -0.224. The number of hydrogen-bond donors (Lipinski definition) is 0. The largest absolute Gasteiger partial charge is 0.551 e. The van der Waals surface area contributed by atoms with Crippen LogP contribution in [-0.4, -0.2) is 22.4 Å². The molecule has 4 heteroatoms. The third-order valence-corrected chi connectivity index (χ3v) is 5.56. The number of aldehydes is 1. The van der Waals surface area contributed by atoms with E-state index in [0.717, 1.165) is 25.5 Å². The molecule has 2 aliphatic rings. The zero-order valence-electron chi connectivity index (χ0n) is 8.37. The smallest absolute Gasteiger partial charge is 0.125 e. The van der Waals surface area contributed by atoms with Gasteiger partial charge in [-0.1, -0.05) is 22.0 Å². The van der Waals surface area contributed by atoms with Crippen LogP contribution in [0.25, 0.3) is 0 Å². The molecule has 1 saturated heterocycles. The van der Waals surface area contributed by atoms with Gasteiger partial charge in [-0.2, -0.15) is 6.42 Å². The van der Waals surface area contributed by atoms with Crippen LogP contribution in [0, 0.1) is 11.1 Å². The van der Waals surface area contributed by atoms with Crippen LogP contribution in [0.5, 0.6) is 0 Å². The van der Waals surface area contributed by atoms with Crippen molar-refractivity contribution in [3.8, 4) is 0 Å². The predicted molar refractivity (Wildman–Crippen MR) is 54.1 cm³/mol. The van der Waals surface area contributed by atoms with E-state index >= 15 is 0 Å². The Balaban J connectivity index is 0.000000980. The van der Waals surface area contributed by atoms with Gasteiger partial charge in [0.05, 0.1) is 0 Å². The molecule has 1 heterocycles. The first-order valence-electron chi connectivity index (χ1n) is 5.28. The van der Waals surface area contributed by atoms with E-state index in [1.54, 1.807) is 0 Å². The molecule has 1 saturated carbocycles. The van der Waals surface area contributed by atoms with E-state index in [9.17, 15) is 4.79 Å². The molecule has 0 spiro atoms. The molecular weight excluding hydrogens is 375 g/mol. The van der Waals surface area contributed by atoms with Gasteiger partial charge < -0.3 is 9.53 Å². The minimum absolute atomic E-state index is 0. The van der Waals surface area contributed by atoms with Gasteiger partial charge in [0.25, 0.3) is 0 Å². The van der Waals surface area contributed by atoms with Crippen molar-refractivity contribution < 1.29 is 30.6 Å². The van der Waals surface area contributed by atoms with Gasteiger partial charge >= 0.3 is 0 Å². The van der Waals surface area contributed by atoms with Crippen molar-refractivity contribution in [1.82, 2.24) is 0 Å². The molecule has 0 atom stereocenters. The van der Waals surface area contributed by atoms with E-state index < -0.39 is 0 Å². The van der Waals surface area contributed by atoms with Gasteiger partial charge in [0, 0.05) is 33.1 Å². The summed E-state index contributed by atoms with van der Waals surface area (Å²) in [5.74, 6) is 0. The SMILES string of the molecule is O=CC1(C[SiH2][C-]2CCCCO2)CC1.[Pt]. The van der Waals surface area contributed by atoms with Crippen LogP contribution in [0.4, 0.5) is 0 Å². The van der Waals surface area contributed by atoms with Crippen LogP contribution in [0.2, 0.25) is 6.04 Å². The third kappa shape index (κ3) is 3.28. The van der Waals surface area contributed by atoms with E-state index in [1.165, 1.54) is 31.3 Å². The molecule has 0 aromatic carbocycles. The number of rotatable bonds is 4. The molecule has 0 aromatic rings. The molecule has 14 heavy (non-hydrogen) atoms. The fraction of sp³-hybridized carbons (Fsp3) is 0.800. The molecule has 0 N–H and O–H groups in total. The molecule has 1 aliphatic carbocycles. The molecule has 84 valence electrons. The van der Waals surface area contributed by atoms with Crippen molar-refractivity contribution >= 4 is 15.8 Å². The fourth-order valence-electron chi connectivity index (χ4n) is 1.89. The Hall–Kier alpha value is 0.535. The van der Waals surface area contributed by atoms with Gasteiger partial charge in [0.1, 0.15) is 6.29 Å². The van der Waals surface area contributed by atoms with E-state index in [2.05, 4.69) is 0 Å². The van der Waals surface area contributed by atoms with E-state index in [-0.39, 0.29) is 36.0 Å². The van der Waals surface area contributed by atoms with Gasteiger partial charge in [-0.25, -0.2) is 5.73 Å². The molecule has 1 aliphatic heterocycles. The zero-order chi connectivity index (χ0) is 9.15. The summed E-state index contributed by atoms with van der Waals surface area (Å²) in [6.07, 6.45) is 7.16. The Morgan fingerprint density at radius 3 is 2.71 bits per heavy atom. The summed E-state index contributed by atoms with van der Waals surface area (Å²) in [6, 6.07) is 1.16. The second-order valence-electron chi connectivity index (χ2n) is 4.32. The molecular formula is C10H17O2PtSi-. The predicted octanol–water partition coefficient (Wildman–Crippen LogP) is 1.24. The van der Waals surface area contributed by atoms with E-state index in [4.69, 9.17) is 4.74 Å². The van der Waals surface area contributed by atoms with Crippen LogP contribution in [0.15, 0.2) is 0 Å². The number of hydrogen-bond acceptors (Lipinski definition) is 2. The third-order valence-electron chi connectivity index (χ3n) is 3.20. The van der Waals surface area contributed by atoms with Gasteiger partial charge in [0.15, 0.2) is 0 Å². The summed E-state index contributed by atoms with van der Waals surface area (Å²) < 4.78 is 5.61. The Bertz CT molecular complexity index is 189. The summed E-state index contributed by atoms with van der Waals surface area (Å²) in [5, 5.41) is 0. The monoisotopic (exact) mass is 392 g/mol. The number of ether oxygens (including phenoxy) is 1. The summed E-state index contributed by atoms with van der Waals surface area (Å²) in [5.41, 5.74) is 1.50. The maximum Gasteiger partial charge on any atom is 0.125 e. The first-order valence-corrected chi connectivity index (χ1v) is 6.99. The van der Waals surface area contributed by atoms with Crippen molar-refractivity contribution in [2.45, 2.75) is 38.1 Å². The topological polar surface area (TPSA) is 26.3 Å². The van der Waals surface area contributed by atoms with Crippen LogP contribution in [0.3, 0.4) is 0 Å². The first kappa shape index (κ1) is 12.6. The Labute approximate surface area is 102 Å². The van der Waals surface area contributed by atoms with Gasteiger partial charge in [-0.15, -0.1) is 0 Å². The molecule has 0 unspecified atom stereocenters. The van der Waals surface area contributed by atoms with Crippen molar-refractivity contribution in [2.24, 2.45) is 5.41 Å². The Kier molecular flexibility index (Phi) is 5.02. The molecule has 0 bridgehead atoms. The normalized spacial score (nSPS) is 26.0. The quantitative estimate of drug-likeness (QED) is 0.409. The number of carbonyl (C=O) groups is 1. The maximum absolute atomic E-state index is 10.7. The summed E-state index contributed by atoms with van der Waals surface area (Å²) in [7, 11) is -0.224. The van der Waals surface area contributed by atoms with Gasteiger partial charge in [-0.3, -0.25) is 0 Å². The Morgan fingerprint density at radius 2 is 2.21 bits per heavy atom. The second-order valence-corrected chi connectivity index (χ2v) is 6.11. The second kappa shape index (κ2) is 5.57. The zero-order valence-corrected chi connectivity index (χ0v) is 12.1. The van der Waals surface area contributed by atoms with Crippen molar-refractivity contribution in [3.63, 3.8) is 0 Å². The van der Waals surface area contributed by atoms with Crippen molar-refractivity contribution in [3.05, 3.63) is 5.73 Å². The fourth-order valence-corrected chi connectivity index (χ4v) is 4.07. The van der Waals surface area contributed by atoms with Crippen LogP contribution in [0.1, 0.15) is 32.1 Å². The number of carbonyl (C=O) groups excluding carboxylic acids is 1. The molecule has 2 fully saturated rings. The minimum Gasteiger partial charge on any atom is -0.551 e. The maximum atomic E-state index is 10.7. The Morgan fingerprint density at radius 1 is 1.43 bits per heavy atom. The van der Waals surface area contributed by atoms with E-state index in [0.29, 0.717) is 0 Å². The van der Waals surface area contributed by atoms with Gasteiger partial charge in [0.2, 0.25) is 0 Å². The first-order chi connectivity index (χ1) is 6.35. The standard InChI is InChI=1S/C10H17O2Si.Pt/c11-7-10(4-5-10)8-13-9-3-1-2-6-12-9;/h7H,1-6,8,13H2;/q-1;. The molecule has 0 amide bonds. The van der Waals surface area contributed by atoms with Crippen LogP contribution < -0.4 is 0 Å². The summed E-state index contributed by atoms with van der Waals surface area (Å²) in [4.78, 5) is 10.7. The van der Waals surface area contributed by atoms with E-state index in [1.807, 2.05) is 0 Å². The van der Waals surface area contributed by atoms with Gasteiger partial charge in [-0.05, 0) is 19.3 Å². The van der Waals surface area contributed by atoms with Crippen LogP contribution >= 0.6 is 0 Å². The van der Waals surface area contributed by atoms with Crippen LogP contribution in [-0.2, 0) is 30.6 Å². The molecule has 0 radical (unpaired) electrons. The average molecular weight is 392 g/mol. The molecule has 0 aromatic heterocycles. The molecule has 2 nitrogen and oxygen atoms in total.